The number of unbranched alkanes of at least 4 members (excludes halogenated alkanes) is 4. The van der Waals surface area contributed by atoms with E-state index in [0.717, 1.165) is 25.7 Å². The molecule has 0 aromatic rings. The second kappa shape index (κ2) is 8.29. The molecule has 0 aliphatic heterocycles. The maximum Gasteiger partial charge on any atom is 0.421 e. The topological polar surface area (TPSA) is 72.4 Å². The van der Waals surface area contributed by atoms with Gasteiger partial charge in [-0.15, -0.1) is 0 Å². The Kier molecular flexibility index (Phi) is 8.08. The minimum absolute atomic E-state index is 0.183. The maximum absolute atomic E-state index is 10.7. The molecule has 13 heavy (non-hydrogen) atoms. The normalized spacial score (nSPS) is 10.5. The molecule has 0 rings (SSSR count). The molecule has 0 bridgehead atoms. The van der Waals surface area contributed by atoms with Gasteiger partial charge in [0.1, 0.15) is 0 Å². The van der Waals surface area contributed by atoms with Crippen molar-refractivity contribution in [2.24, 2.45) is 0 Å². The summed E-state index contributed by atoms with van der Waals surface area (Å²) in [6.45, 7) is 2.10. The SMILES string of the molecule is CCCCCCCC(=O)O[Cl+2]([O-])[O-]. The molecule has 0 aromatic carbocycles. The largest absolute Gasteiger partial charge is 0.421 e. The number of rotatable bonds is 7. The first-order valence-electron chi connectivity index (χ1n) is 4.43. The molecule has 0 N–H and O–H groups in total. The van der Waals surface area contributed by atoms with Crippen LogP contribution in [-0.4, -0.2) is 5.97 Å². The highest BCUT2D eigenvalue weighted by Crippen LogP contribution is 2.05. The van der Waals surface area contributed by atoms with E-state index in [1.54, 1.807) is 0 Å². The number of carbonyl (C=O) groups is 1. The third-order valence-corrected chi connectivity index (χ3v) is 1.93. The number of hydrogen-bond donors (Lipinski definition) is 0. The van der Waals surface area contributed by atoms with Gasteiger partial charge in [0, 0.05) is 0 Å². The Morgan fingerprint density at radius 2 is 1.85 bits per heavy atom. The summed E-state index contributed by atoms with van der Waals surface area (Å²) in [7, 11) is -2.39. The Morgan fingerprint density at radius 1 is 1.23 bits per heavy atom. The van der Waals surface area contributed by atoms with Gasteiger partial charge in [0.25, 0.3) is 0 Å². The lowest BCUT2D eigenvalue weighted by atomic mass is 10.1. The summed E-state index contributed by atoms with van der Waals surface area (Å²) in [5, 5.41) is 0. The minimum Gasteiger partial charge on any atom is -0.307 e. The zero-order valence-corrected chi connectivity index (χ0v) is 8.51. The molecule has 0 fully saturated rings. The summed E-state index contributed by atoms with van der Waals surface area (Å²) in [5.41, 5.74) is 0. The lowest BCUT2D eigenvalue weighted by molar-refractivity contribution is -1.62. The first-order valence-corrected chi connectivity index (χ1v) is 5.36. The highest BCUT2D eigenvalue weighted by Gasteiger charge is 2.16. The first kappa shape index (κ1) is 12.7. The van der Waals surface area contributed by atoms with Crippen LogP contribution in [-0.2, 0) is 9.08 Å². The van der Waals surface area contributed by atoms with E-state index in [0.29, 0.717) is 6.42 Å². The fraction of sp³-hybridized carbons (Fsp3) is 0.875. The van der Waals surface area contributed by atoms with Crippen LogP contribution in [0.5, 0.6) is 0 Å². The van der Waals surface area contributed by atoms with E-state index < -0.39 is 16.8 Å². The van der Waals surface area contributed by atoms with Crippen LogP contribution in [0.3, 0.4) is 0 Å². The van der Waals surface area contributed by atoms with Gasteiger partial charge in [0.05, 0.1) is 6.42 Å². The molecule has 78 valence electrons. The van der Waals surface area contributed by atoms with Crippen LogP contribution >= 0.6 is 0 Å². The zero-order chi connectivity index (χ0) is 10.1. The Hall–Kier alpha value is -0.320. The molecule has 0 unspecified atom stereocenters. The molecule has 0 spiro atoms. The van der Waals surface area contributed by atoms with Crippen LogP contribution < -0.4 is 9.32 Å². The standard InChI is InChI=1S/C8H15ClO4/c1-2-3-4-5-6-7-8(10)13-9(11)12/h2-7H2,1H3. The third kappa shape index (κ3) is 9.60. The highest BCUT2D eigenvalue weighted by molar-refractivity contribution is 5.68. The fourth-order valence-electron chi connectivity index (χ4n) is 0.982. The van der Waals surface area contributed by atoms with Crippen molar-refractivity contribution < 1.29 is 29.2 Å². The summed E-state index contributed by atoms with van der Waals surface area (Å²) in [6.07, 6.45) is 5.21. The highest BCUT2D eigenvalue weighted by atomic mass is 35.6. The molecule has 0 saturated heterocycles. The quantitative estimate of drug-likeness (QED) is 0.554. The van der Waals surface area contributed by atoms with E-state index in [1.807, 2.05) is 0 Å². The van der Waals surface area contributed by atoms with E-state index in [1.165, 1.54) is 0 Å². The van der Waals surface area contributed by atoms with Crippen LogP contribution in [0.25, 0.3) is 0 Å². The molecule has 4 nitrogen and oxygen atoms in total. The van der Waals surface area contributed by atoms with Crippen molar-refractivity contribution >= 4 is 5.97 Å². The van der Waals surface area contributed by atoms with Crippen LogP contribution in [0.15, 0.2) is 0 Å². The average molecular weight is 211 g/mol. The van der Waals surface area contributed by atoms with Gasteiger partial charge >= 0.3 is 16.8 Å². The first-order chi connectivity index (χ1) is 6.16. The molecule has 0 amide bonds. The van der Waals surface area contributed by atoms with Crippen molar-refractivity contribution in [2.75, 3.05) is 0 Å². The molecule has 0 saturated carbocycles. The number of carbonyl (C=O) groups excluding carboxylic acids is 1. The van der Waals surface area contributed by atoms with Crippen molar-refractivity contribution in [2.45, 2.75) is 45.4 Å². The van der Waals surface area contributed by atoms with Crippen molar-refractivity contribution in [1.29, 1.82) is 0 Å². The van der Waals surface area contributed by atoms with E-state index >= 15 is 0 Å². The summed E-state index contributed by atoms with van der Waals surface area (Å²) in [6, 6.07) is 0. The third-order valence-electron chi connectivity index (χ3n) is 1.63. The Labute approximate surface area is 81.3 Å². The summed E-state index contributed by atoms with van der Waals surface area (Å²) >= 11 is 0. The second-order valence-electron chi connectivity index (χ2n) is 2.80. The van der Waals surface area contributed by atoms with E-state index in [2.05, 4.69) is 11.2 Å². The van der Waals surface area contributed by atoms with Crippen molar-refractivity contribution in [1.82, 2.24) is 0 Å². The monoisotopic (exact) mass is 210 g/mol. The van der Waals surface area contributed by atoms with Crippen LogP contribution in [0.4, 0.5) is 0 Å². The lowest BCUT2D eigenvalue weighted by Gasteiger charge is -1.96. The zero-order valence-electron chi connectivity index (χ0n) is 7.75. The van der Waals surface area contributed by atoms with E-state index in [4.69, 9.17) is 0 Å². The molecule has 0 aliphatic rings. The predicted molar refractivity (Wildman–Crippen MR) is 39.5 cm³/mol. The van der Waals surface area contributed by atoms with Crippen LogP contribution in [0.1, 0.15) is 45.4 Å². The smallest absolute Gasteiger partial charge is 0.307 e. The fourth-order valence-corrected chi connectivity index (χ4v) is 1.20. The summed E-state index contributed by atoms with van der Waals surface area (Å²) < 4.78 is 23.6. The molecular formula is C8H15ClO4. The summed E-state index contributed by atoms with van der Waals surface area (Å²) in [4.78, 5) is 10.7. The van der Waals surface area contributed by atoms with Gasteiger partial charge in [-0.05, 0) is 6.42 Å². The van der Waals surface area contributed by atoms with E-state index in [-0.39, 0.29) is 6.42 Å². The van der Waals surface area contributed by atoms with Gasteiger partial charge in [0.15, 0.2) is 0 Å². The van der Waals surface area contributed by atoms with Gasteiger partial charge in [0.2, 0.25) is 0 Å². The van der Waals surface area contributed by atoms with Crippen LogP contribution in [0, 0.1) is 10.8 Å². The van der Waals surface area contributed by atoms with Gasteiger partial charge in [-0.3, -0.25) is 0 Å². The average Bonchev–Trinajstić information content (AvgIpc) is 2.02. The Bertz CT molecular complexity index is 138. The summed E-state index contributed by atoms with van der Waals surface area (Å²) in [5.74, 6) is -0.679. The van der Waals surface area contributed by atoms with Crippen LogP contribution in [0.2, 0.25) is 0 Å². The molecular weight excluding hydrogens is 196 g/mol. The van der Waals surface area contributed by atoms with Crippen molar-refractivity contribution in [3.05, 3.63) is 0 Å². The maximum atomic E-state index is 10.7. The van der Waals surface area contributed by atoms with E-state index in [9.17, 15) is 14.1 Å². The predicted octanol–water partition coefficient (Wildman–Crippen LogP) is -0.0236. The lowest BCUT2D eigenvalue weighted by Crippen LogP contribution is -2.36. The minimum atomic E-state index is -2.39. The molecule has 0 heterocycles. The Morgan fingerprint density at radius 3 is 2.38 bits per heavy atom. The van der Waals surface area contributed by atoms with Gasteiger partial charge < -0.3 is 9.32 Å². The van der Waals surface area contributed by atoms with Gasteiger partial charge in [-0.1, -0.05) is 36.9 Å². The molecule has 0 radical (unpaired) electrons. The number of hydrogen-bond acceptors (Lipinski definition) is 4. The molecule has 0 atom stereocenters. The molecule has 0 aromatic heterocycles. The van der Waals surface area contributed by atoms with Crippen molar-refractivity contribution in [3.8, 4) is 0 Å². The Balaban J connectivity index is 3.17. The van der Waals surface area contributed by atoms with Gasteiger partial charge in [-0.25, -0.2) is 4.79 Å². The molecule has 0 aliphatic carbocycles. The van der Waals surface area contributed by atoms with Crippen molar-refractivity contribution in [3.63, 3.8) is 0 Å². The number of halogens is 1. The molecule has 5 heteroatoms. The van der Waals surface area contributed by atoms with Gasteiger partial charge in [-0.2, -0.15) is 0 Å². The second-order valence-corrected chi connectivity index (χ2v) is 3.33.